The molecule has 1 atom stereocenters. The van der Waals surface area contributed by atoms with E-state index in [2.05, 4.69) is 4.98 Å². The fraction of sp³-hybridized carbons (Fsp3) is 0.400. The maximum Gasteiger partial charge on any atom is 0.330 e. The molecule has 9 nitrogen and oxygen atoms in total. The van der Waals surface area contributed by atoms with Gasteiger partial charge in [0.1, 0.15) is 11.9 Å². The second-order valence-electron chi connectivity index (χ2n) is 5.83. The molecule has 0 aliphatic carbocycles. The van der Waals surface area contributed by atoms with E-state index in [1.807, 2.05) is 0 Å². The van der Waals surface area contributed by atoms with Crippen molar-refractivity contribution in [3.63, 3.8) is 0 Å². The second kappa shape index (κ2) is 6.45. The zero-order valence-electron chi connectivity index (χ0n) is 13.8. The molecular weight excluding hydrogens is 348 g/mol. The standard InChI is InChI=1S/C15H18N4O5S/c1-17-10-13(14(20)18(2)15(17)21)25(22,23)19-7-5-12(9-19)24-11-4-3-6-16-8-11/h3-4,6,8,10,12H,5,7,9H2,1-2H3/t12-/m1/s1. The summed E-state index contributed by atoms with van der Waals surface area (Å²) in [5.41, 5.74) is -1.41. The van der Waals surface area contributed by atoms with E-state index in [0.29, 0.717) is 12.2 Å². The highest BCUT2D eigenvalue weighted by atomic mass is 32.2. The van der Waals surface area contributed by atoms with Gasteiger partial charge < -0.3 is 9.30 Å². The summed E-state index contributed by atoms with van der Waals surface area (Å²) in [5, 5.41) is 0. The van der Waals surface area contributed by atoms with Crippen molar-refractivity contribution in [2.45, 2.75) is 17.4 Å². The van der Waals surface area contributed by atoms with Crippen LogP contribution in [-0.2, 0) is 24.1 Å². The Morgan fingerprint density at radius 2 is 2.04 bits per heavy atom. The minimum atomic E-state index is -4.01. The summed E-state index contributed by atoms with van der Waals surface area (Å²) in [5.74, 6) is 0.560. The van der Waals surface area contributed by atoms with Crippen LogP contribution in [0.25, 0.3) is 0 Å². The van der Waals surface area contributed by atoms with E-state index >= 15 is 0 Å². The van der Waals surface area contributed by atoms with E-state index in [1.54, 1.807) is 24.5 Å². The van der Waals surface area contributed by atoms with Crippen molar-refractivity contribution in [3.05, 3.63) is 51.6 Å². The Balaban J connectivity index is 1.85. The van der Waals surface area contributed by atoms with Crippen LogP contribution in [0.15, 0.2) is 45.2 Å². The van der Waals surface area contributed by atoms with Gasteiger partial charge in [0.15, 0.2) is 4.90 Å². The smallest absolute Gasteiger partial charge is 0.330 e. The summed E-state index contributed by atoms with van der Waals surface area (Å²) >= 11 is 0. The largest absolute Gasteiger partial charge is 0.487 e. The van der Waals surface area contributed by atoms with E-state index in [0.717, 1.165) is 15.3 Å². The highest BCUT2D eigenvalue weighted by molar-refractivity contribution is 7.89. The SMILES string of the molecule is Cn1cc(S(=O)(=O)N2CC[C@@H](Oc3cccnc3)C2)c(=O)n(C)c1=O. The molecule has 3 heterocycles. The highest BCUT2D eigenvalue weighted by Gasteiger charge is 2.36. The van der Waals surface area contributed by atoms with E-state index in [4.69, 9.17) is 4.74 Å². The Morgan fingerprint density at radius 1 is 1.28 bits per heavy atom. The van der Waals surface area contributed by atoms with Crippen molar-refractivity contribution in [2.24, 2.45) is 14.1 Å². The molecule has 1 aliphatic rings. The van der Waals surface area contributed by atoms with Gasteiger partial charge in [0.05, 0.1) is 12.7 Å². The molecule has 0 N–H and O–H groups in total. The molecule has 2 aromatic heterocycles. The van der Waals surface area contributed by atoms with Crippen molar-refractivity contribution < 1.29 is 13.2 Å². The number of ether oxygens (including phenoxy) is 1. The van der Waals surface area contributed by atoms with Crippen LogP contribution in [0.5, 0.6) is 5.75 Å². The van der Waals surface area contributed by atoms with Crippen LogP contribution in [-0.4, -0.2) is 46.0 Å². The first-order chi connectivity index (χ1) is 11.8. The minimum Gasteiger partial charge on any atom is -0.487 e. The predicted molar refractivity (Wildman–Crippen MR) is 89.0 cm³/mol. The number of rotatable bonds is 4. The topological polar surface area (TPSA) is 104 Å². The number of aromatic nitrogens is 3. The molecule has 0 radical (unpaired) electrons. The average molecular weight is 366 g/mol. The Hall–Kier alpha value is -2.46. The monoisotopic (exact) mass is 366 g/mol. The number of pyridine rings is 1. The molecule has 3 rings (SSSR count). The summed E-state index contributed by atoms with van der Waals surface area (Å²) in [4.78, 5) is 27.5. The fourth-order valence-electron chi connectivity index (χ4n) is 2.71. The van der Waals surface area contributed by atoms with Crippen LogP contribution >= 0.6 is 0 Å². The number of hydrogen-bond acceptors (Lipinski definition) is 6. The maximum absolute atomic E-state index is 12.8. The predicted octanol–water partition coefficient (Wildman–Crippen LogP) is -0.679. The molecule has 0 saturated carbocycles. The van der Waals surface area contributed by atoms with Gasteiger partial charge in [-0.05, 0) is 18.6 Å². The molecular formula is C15H18N4O5S. The van der Waals surface area contributed by atoms with Crippen molar-refractivity contribution in [1.82, 2.24) is 18.4 Å². The van der Waals surface area contributed by atoms with E-state index in [9.17, 15) is 18.0 Å². The molecule has 25 heavy (non-hydrogen) atoms. The van der Waals surface area contributed by atoms with E-state index < -0.39 is 26.2 Å². The maximum atomic E-state index is 12.8. The zero-order chi connectivity index (χ0) is 18.2. The Morgan fingerprint density at radius 3 is 2.72 bits per heavy atom. The van der Waals surface area contributed by atoms with Crippen LogP contribution in [0, 0.1) is 0 Å². The van der Waals surface area contributed by atoms with Crippen LogP contribution < -0.4 is 16.0 Å². The number of aryl methyl sites for hydroxylation is 1. The molecule has 2 aromatic rings. The van der Waals surface area contributed by atoms with Gasteiger partial charge in [0.2, 0.25) is 10.0 Å². The van der Waals surface area contributed by atoms with Crippen LogP contribution in [0.2, 0.25) is 0 Å². The molecule has 10 heteroatoms. The van der Waals surface area contributed by atoms with Gasteiger partial charge in [-0.25, -0.2) is 13.2 Å². The van der Waals surface area contributed by atoms with Gasteiger partial charge in [0.25, 0.3) is 5.56 Å². The molecule has 134 valence electrons. The van der Waals surface area contributed by atoms with Crippen LogP contribution in [0.3, 0.4) is 0 Å². The summed E-state index contributed by atoms with van der Waals surface area (Å²) in [7, 11) is -1.36. The summed E-state index contributed by atoms with van der Waals surface area (Å²) < 4.78 is 34.4. The Kier molecular flexibility index (Phi) is 4.48. The van der Waals surface area contributed by atoms with Crippen molar-refractivity contribution >= 4 is 10.0 Å². The molecule has 1 aliphatic heterocycles. The van der Waals surface area contributed by atoms with Gasteiger partial charge in [-0.3, -0.25) is 14.3 Å². The lowest BCUT2D eigenvalue weighted by Gasteiger charge is -2.17. The number of nitrogens with zero attached hydrogens (tertiary/aromatic N) is 4. The number of sulfonamides is 1. The van der Waals surface area contributed by atoms with Gasteiger partial charge in [-0.1, -0.05) is 0 Å². The molecule has 1 fully saturated rings. The fourth-order valence-corrected chi connectivity index (χ4v) is 4.35. The first-order valence-electron chi connectivity index (χ1n) is 7.64. The lowest BCUT2D eigenvalue weighted by molar-refractivity contribution is 0.214. The van der Waals surface area contributed by atoms with Crippen LogP contribution in [0.4, 0.5) is 0 Å². The first kappa shape index (κ1) is 17.4. The average Bonchev–Trinajstić information content (AvgIpc) is 3.06. The normalized spacial score (nSPS) is 18.4. The summed E-state index contributed by atoms with van der Waals surface area (Å²) in [6, 6.07) is 3.47. The third-order valence-corrected chi connectivity index (χ3v) is 5.93. The van der Waals surface area contributed by atoms with E-state index in [-0.39, 0.29) is 19.2 Å². The van der Waals surface area contributed by atoms with Gasteiger partial charge in [-0.2, -0.15) is 4.31 Å². The molecule has 1 saturated heterocycles. The minimum absolute atomic E-state index is 0.128. The van der Waals surface area contributed by atoms with Gasteiger partial charge in [-0.15, -0.1) is 0 Å². The van der Waals surface area contributed by atoms with Crippen molar-refractivity contribution in [2.75, 3.05) is 13.1 Å². The van der Waals surface area contributed by atoms with Crippen LogP contribution in [0.1, 0.15) is 6.42 Å². The third-order valence-electron chi connectivity index (χ3n) is 4.08. The first-order valence-corrected chi connectivity index (χ1v) is 9.08. The lowest BCUT2D eigenvalue weighted by Crippen LogP contribution is -2.42. The Bertz CT molecular complexity index is 997. The number of hydrogen-bond donors (Lipinski definition) is 0. The van der Waals surface area contributed by atoms with Crippen molar-refractivity contribution in [3.8, 4) is 5.75 Å². The Labute approximate surface area is 144 Å². The third kappa shape index (κ3) is 3.22. The highest BCUT2D eigenvalue weighted by Crippen LogP contribution is 2.22. The second-order valence-corrected chi connectivity index (χ2v) is 7.74. The van der Waals surface area contributed by atoms with E-state index in [1.165, 1.54) is 18.4 Å². The molecule has 0 amide bonds. The lowest BCUT2D eigenvalue weighted by atomic mass is 10.3. The zero-order valence-corrected chi connectivity index (χ0v) is 14.6. The van der Waals surface area contributed by atoms with Crippen molar-refractivity contribution in [1.29, 1.82) is 0 Å². The van der Waals surface area contributed by atoms with Gasteiger partial charge >= 0.3 is 5.69 Å². The molecule has 0 spiro atoms. The van der Waals surface area contributed by atoms with Gasteiger partial charge in [0, 0.05) is 33.0 Å². The summed E-state index contributed by atoms with van der Waals surface area (Å²) in [6.07, 6.45) is 4.42. The molecule has 0 aromatic carbocycles. The summed E-state index contributed by atoms with van der Waals surface area (Å²) in [6.45, 7) is 0.364. The molecule has 0 unspecified atom stereocenters. The molecule has 0 bridgehead atoms. The quantitative estimate of drug-likeness (QED) is 0.710.